The molecule has 0 amide bonds. The number of hydrazine groups is 2. The van der Waals surface area contributed by atoms with Gasteiger partial charge in [-0.15, -0.1) is 5.53 Å². The van der Waals surface area contributed by atoms with E-state index in [1.165, 1.54) is 32.2 Å². The van der Waals surface area contributed by atoms with Gasteiger partial charge in [0, 0.05) is 36.1 Å². The first kappa shape index (κ1) is 24.1. The maximum Gasteiger partial charge on any atom is 0.123 e. The van der Waals surface area contributed by atoms with Crippen molar-refractivity contribution in [2.45, 2.75) is 44.4 Å². The third-order valence-corrected chi connectivity index (χ3v) is 6.39. The SMILES string of the molecule is CC(C)(F)CNc1c(C#N)cnc2c(Cl)cc(NC(C3=CN(C4CC4)NN3)c3ccc(F)cc3)cc12. The summed E-state index contributed by atoms with van der Waals surface area (Å²) in [7, 11) is 0. The second kappa shape index (κ2) is 9.45. The minimum absolute atomic E-state index is 0.00769. The number of hydrogen-bond donors (Lipinski definition) is 4. The molecular formula is C26H26ClF2N7. The van der Waals surface area contributed by atoms with Gasteiger partial charge in [0.05, 0.1) is 33.5 Å². The molecule has 4 N–H and O–H groups in total. The van der Waals surface area contributed by atoms with Crippen LogP contribution in [0.1, 0.15) is 43.9 Å². The highest BCUT2D eigenvalue weighted by Crippen LogP contribution is 2.36. The monoisotopic (exact) mass is 509 g/mol. The van der Waals surface area contributed by atoms with Crippen molar-refractivity contribution in [1.29, 1.82) is 5.26 Å². The first-order valence-electron chi connectivity index (χ1n) is 11.7. The topological polar surface area (TPSA) is 88.0 Å². The van der Waals surface area contributed by atoms with Crippen LogP contribution in [0.3, 0.4) is 0 Å². The third kappa shape index (κ3) is 5.15. The molecule has 1 saturated carbocycles. The highest BCUT2D eigenvalue weighted by Gasteiger charge is 2.32. The molecule has 36 heavy (non-hydrogen) atoms. The van der Waals surface area contributed by atoms with E-state index in [4.69, 9.17) is 11.6 Å². The Morgan fingerprint density at radius 2 is 2.03 bits per heavy atom. The van der Waals surface area contributed by atoms with Gasteiger partial charge in [-0.3, -0.25) is 9.99 Å². The van der Waals surface area contributed by atoms with Gasteiger partial charge in [-0.05, 0) is 56.5 Å². The van der Waals surface area contributed by atoms with Gasteiger partial charge in [0.2, 0.25) is 0 Å². The molecule has 0 spiro atoms. The summed E-state index contributed by atoms with van der Waals surface area (Å²) in [6.45, 7) is 2.93. The molecule has 0 saturated heterocycles. The van der Waals surface area contributed by atoms with Crippen molar-refractivity contribution in [2.75, 3.05) is 17.2 Å². The van der Waals surface area contributed by atoms with E-state index < -0.39 is 5.67 Å². The van der Waals surface area contributed by atoms with Crippen LogP contribution in [0, 0.1) is 17.1 Å². The number of pyridine rings is 1. The van der Waals surface area contributed by atoms with E-state index in [1.807, 2.05) is 17.3 Å². The molecule has 186 valence electrons. The quantitative estimate of drug-likeness (QED) is 0.317. The molecule has 1 fully saturated rings. The highest BCUT2D eigenvalue weighted by molar-refractivity contribution is 6.35. The van der Waals surface area contributed by atoms with E-state index >= 15 is 0 Å². The van der Waals surface area contributed by atoms with Crippen LogP contribution in [0.5, 0.6) is 0 Å². The van der Waals surface area contributed by atoms with Gasteiger partial charge in [0.25, 0.3) is 0 Å². The van der Waals surface area contributed by atoms with Crippen LogP contribution >= 0.6 is 11.6 Å². The first-order valence-corrected chi connectivity index (χ1v) is 12.1. The van der Waals surface area contributed by atoms with Gasteiger partial charge >= 0.3 is 0 Å². The zero-order chi connectivity index (χ0) is 25.4. The fourth-order valence-electron chi connectivity index (χ4n) is 4.12. The second-order valence-electron chi connectivity index (χ2n) is 9.67. The van der Waals surface area contributed by atoms with E-state index in [0.717, 1.165) is 24.1 Å². The normalized spacial score (nSPS) is 16.3. The van der Waals surface area contributed by atoms with Crippen molar-refractivity contribution < 1.29 is 8.78 Å². The second-order valence-corrected chi connectivity index (χ2v) is 10.1. The van der Waals surface area contributed by atoms with Crippen molar-refractivity contribution in [3.63, 3.8) is 0 Å². The highest BCUT2D eigenvalue weighted by atomic mass is 35.5. The van der Waals surface area contributed by atoms with E-state index in [0.29, 0.717) is 38.9 Å². The molecule has 0 radical (unpaired) electrons. The van der Waals surface area contributed by atoms with Gasteiger partial charge in [0.1, 0.15) is 17.6 Å². The van der Waals surface area contributed by atoms with Gasteiger partial charge < -0.3 is 16.1 Å². The van der Waals surface area contributed by atoms with Gasteiger partial charge in [0.15, 0.2) is 0 Å². The lowest BCUT2D eigenvalue weighted by Crippen LogP contribution is -2.38. The summed E-state index contributed by atoms with van der Waals surface area (Å²) in [5.74, 6) is -0.320. The Morgan fingerprint density at radius 3 is 2.69 bits per heavy atom. The van der Waals surface area contributed by atoms with E-state index in [2.05, 4.69) is 32.6 Å². The number of halogens is 3. The Kier molecular flexibility index (Phi) is 6.33. The number of nitrogens with zero attached hydrogens (tertiary/aromatic N) is 3. The van der Waals surface area contributed by atoms with Gasteiger partial charge in [-0.25, -0.2) is 8.78 Å². The molecule has 3 aromatic rings. The van der Waals surface area contributed by atoms with E-state index in [1.54, 1.807) is 18.2 Å². The lowest BCUT2D eigenvalue weighted by molar-refractivity contribution is 0.235. The molecule has 7 nitrogen and oxygen atoms in total. The number of rotatable bonds is 8. The van der Waals surface area contributed by atoms with E-state index in [9.17, 15) is 14.0 Å². The number of hydrogen-bond acceptors (Lipinski definition) is 7. The minimum atomic E-state index is -1.49. The average molecular weight is 510 g/mol. The van der Waals surface area contributed by atoms with Crippen LogP contribution in [-0.4, -0.2) is 28.2 Å². The summed E-state index contributed by atoms with van der Waals surface area (Å²) in [5, 5.41) is 19.2. The maximum absolute atomic E-state index is 14.3. The van der Waals surface area contributed by atoms with Crippen molar-refractivity contribution in [3.05, 3.63) is 76.5 Å². The lowest BCUT2D eigenvalue weighted by Gasteiger charge is -2.23. The number of alkyl halides is 1. The molecule has 2 aliphatic rings. The van der Waals surface area contributed by atoms with Crippen LogP contribution in [0.25, 0.3) is 10.9 Å². The lowest BCUT2D eigenvalue weighted by atomic mass is 10.0. The Hall–Kier alpha value is -3.61. The molecule has 0 bridgehead atoms. The van der Waals surface area contributed by atoms with Gasteiger partial charge in [-0.2, -0.15) is 5.26 Å². The van der Waals surface area contributed by atoms with Crippen LogP contribution in [0.15, 0.2) is 54.5 Å². The molecule has 2 heterocycles. The summed E-state index contributed by atoms with van der Waals surface area (Å²) in [6, 6.07) is 12.1. The van der Waals surface area contributed by atoms with Crippen molar-refractivity contribution in [3.8, 4) is 6.07 Å². The predicted molar refractivity (Wildman–Crippen MR) is 137 cm³/mol. The number of anilines is 2. The van der Waals surface area contributed by atoms with Crippen LogP contribution in [0.4, 0.5) is 20.2 Å². The summed E-state index contributed by atoms with van der Waals surface area (Å²) in [4.78, 5) is 4.36. The zero-order valence-electron chi connectivity index (χ0n) is 19.9. The first-order chi connectivity index (χ1) is 17.2. The Labute approximate surface area is 213 Å². The fourth-order valence-corrected chi connectivity index (χ4v) is 4.39. The summed E-state index contributed by atoms with van der Waals surface area (Å²) in [6.07, 6.45) is 5.68. The predicted octanol–water partition coefficient (Wildman–Crippen LogP) is 5.54. The number of nitriles is 1. The molecule has 1 unspecified atom stereocenters. The number of benzene rings is 2. The van der Waals surface area contributed by atoms with Crippen molar-refractivity contribution >= 4 is 33.9 Å². The third-order valence-electron chi connectivity index (χ3n) is 6.10. The molecule has 1 aliphatic carbocycles. The molecule has 1 aromatic heterocycles. The molecule has 10 heteroatoms. The minimum Gasteiger partial charge on any atom is -0.380 e. The standard InChI is InChI=1S/C26H26ClF2N7/c1-26(2,29)14-32-23-16(11-30)12-31-25-20(23)9-18(10-21(25)27)33-24(15-3-5-17(28)6-4-15)22-13-36(35-34-22)19-7-8-19/h3-6,9-10,12-13,19,24,33-35H,7-8,14H2,1-2H3,(H,31,32). The number of aromatic nitrogens is 1. The molecule has 2 aromatic carbocycles. The van der Waals surface area contributed by atoms with Crippen LogP contribution < -0.4 is 21.6 Å². The Bertz CT molecular complexity index is 1360. The Balaban J connectivity index is 1.55. The number of fused-ring (bicyclic) bond motifs is 1. The molecule has 5 rings (SSSR count). The molecule has 1 atom stereocenters. The number of nitrogens with one attached hydrogen (secondary N) is 4. The Morgan fingerprint density at radius 1 is 1.28 bits per heavy atom. The summed E-state index contributed by atoms with van der Waals surface area (Å²) in [5.41, 5.74) is 8.51. The molecular weight excluding hydrogens is 484 g/mol. The van der Waals surface area contributed by atoms with Crippen molar-refractivity contribution in [1.82, 2.24) is 21.0 Å². The van der Waals surface area contributed by atoms with Crippen LogP contribution in [0.2, 0.25) is 5.02 Å². The average Bonchev–Trinajstić information content (AvgIpc) is 3.58. The maximum atomic E-state index is 14.3. The zero-order valence-corrected chi connectivity index (χ0v) is 20.6. The largest absolute Gasteiger partial charge is 0.380 e. The van der Waals surface area contributed by atoms with Gasteiger partial charge in [-0.1, -0.05) is 23.7 Å². The van der Waals surface area contributed by atoms with Crippen LogP contribution in [-0.2, 0) is 0 Å². The smallest absolute Gasteiger partial charge is 0.123 e. The van der Waals surface area contributed by atoms with Crippen molar-refractivity contribution in [2.24, 2.45) is 0 Å². The fraction of sp³-hybridized carbons (Fsp3) is 0.308. The summed E-state index contributed by atoms with van der Waals surface area (Å²) < 4.78 is 27.9. The summed E-state index contributed by atoms with van der Waals surface area (Å²) >= 11 is 6.62. The molecule has 1 aliphatic heterocycles. The van der Waals surface area contributed by atoms with E-state index in [-0.39, 0.29) is 18.4 Å².